The number of carbonyl (C=O) groups is 2. The van der Waals surface area contributed by atoms with Crippen LogP contribution in [0.25, 0.3) is 0 Å². The normalized spacial score (nSPS) is 18.3. The molecule has 0 saturated carbocycles. The van der Waals surface area contributed by atoms with Gasteiger partial charge in [-0.1, -0.05) is 39.5 Å². The Morgan fingerprint density at radius 1 is 0.647 bits per heavy atom. The number of carboxylic acid groups (broad SMARTS) is 2. The first-order valence-corrected chi connectivity index (χ1v) is 26.5. The molecule has 68 heavy (non-hydrogen) atoms. The topological polar surface area (TPSA) is 174 Å². The number of hydrogen-bond donors (Lipinski definition) is 2. The second-order valence-electron chi connectivity index (χ2n) is 15.5. The lowest BCUT2D eigenvalue weighted by atomic mass is 10.1. The molecule has 2 heterocycles. The van der Waals surface area contributed by atoms with Crippen molar-refractivity contribution < 1.29 is 63.7 Å². The van der Waals surface area contributed by atoms with E-state index in [0.29, 0.717) is 71.0 Å². The fourth-order valence-corrected chi connectivity index (χ4v) is 11.6. The molecule has 6 rings (SSSR count). The van der Waals surface area contributed by atoms with Crippen molar-refractivity contribution in [2.24, 2.45) is 0 Å². The van der Waals surface area contributed by atoms with Gasteiger partial charge in [-0.25, -0.2) is 35.2 Å². The zero-order chi connectivity index (χ0) is 50.1. The molecule has 0 spiro atoms. The standard InChI is InChI=1S/2C23H26F2N2O5S2/c2*1-4-5-6-17-13-27(16-9-7-15(24)8-10-16)19-11-21(33-3)20(32-14-18(25)23(28)29)12-22(19)34(30,31)26(17)2/h2*7-12,14,17H,4-6,13H2,1-3H3,(H,28,29)/b2*18-14-/t2*17-/m10/s1. The summed E-state index contributed by atoms with van der Waals surface area (Å²) in [5, 5.41) is 17.5. The first kappa shape index (κ1) is 53.7. The number of nitrogens with zero attached hydrogens (tertiary/aromatic N) is 4. The van der Waals surface area contributed by atoms with E-state index in [1.165, 1.54) is 82.6 Å². The summed E-state index contributed by atoms with van der Waals surface area (Å²) in [6, 6.07) is 16.7. The highest BCUT2D eigenvalue weighted by Crippen LogP contribution is 2.45. The van der Waals surface area contributed by atoms with Crippen molar-refractivity contribution in [1.29, 1.82) is 0 Å². The molecule has 2 aliphatic rings. The van der Waals surface area contributed by atoms with Gasteiger partial charge < -0.3 is 29.5 Å². The molecule has 14 nitrogen and oxygen atoms in total. The Bertz CT molecular complexity index is 2560. The number of halogens is 4. The molecule has 2 N–H and O–H groups in total. The molecule has 2 aliphatic heterocycles. The van der Waals surface area contributed by atoms with E-state index >= 15 is 0 Å². The maximum atomic E-state index is 13.6. The Balaban J connectivity index is 0.000000254. The van der Waals surface area contributed by atoms with E-state index < -0.39 is 55.3 Å². The predicted octanol–water partition coefficient (Wildman–Crippen LogP) is 10.3. The highest BCUT2D eigenvalue weighted by Gasteiger charge is 2.39. The summed E-state index contributed by atoms with van der Waals surface area (Å²) in [4.78, 5) is 26.0. The molecule has 0 aromatic heterocycles. The number of likely N-dealkylation sites (N-methyl/N-ethyl adjacent to an activating group) is 2. The van der Waals surface area contributed by atoms with Gasteiger partial charge >= 0.3 is 11.9 Å². The van der Waals surface area contributed by atoms with E-state index in [9.17, 15) is 44.0 Å². The highest BCUT2D eigenvalue weighted by atomic mass is 32.2. The fraction of sp³-hybridized carbons (Fsp3) is 0.348. The molecule has 0 radical (unpaired) electrons. The van der Waals surface area contributed by atoms with Crippen LogP contribution in [0, 0.1) is 11.6 Å². The summed E-state index contributed by atoms with van der Waals surface area (Å²) >= 11 is 2.46. The number of unbranched alkanes of at least 4 members (excludes halogenated alkanes) is 2. The Kier molecular flexibility index (Phi) is 18.4. The molecule has 0 saturated heterocycles. The maximum Gasteiger partial charge on any atom is 0.368 e. The molecule has 2 atom stereocenters. The third kappa shape index (κ3) is 12.3. The number of hydrogen-bond acceptors (Lipinski definition) is 12. The molecule has 22 heteroatoms. The van der Waals surface area contributed by atoms with E-state index in [2.05, 4.69) is 0 Å². The van der Waals surface area contributed by atoms with Crippen LogP contribution in [0.3, 0.4) is 0 Å². The lowest BCUT2D eigenvalue weighted by molar-refractivity contribution is -0.135. The Morgan fingerprint density at radius 3 is 1.28 bits per heavy atom. The second-order valence-corrected chi connectivity index (χ2v) is 21.2. The maximum absolute atomic E-state index is 13.6. The van der Waals surface area contributed by atoms with E-state index in [0.717, 1.165) is 25.7 Å². The summed E-state index contributed by atoms with van der Waals surface area (Å²) < 4.78 is 122. The smallest absolute Gasteiger partial charge is 0.368 e. The quantitative estimate of drug-likeness (QED) is 0.0469. The lowest BCUT2D eigenvalue weighted by Gasteiger charge is -2.29. The van der Waals surface area contributed by atoms with Crippen LogP contribution in [0.5, 0.6) is 11.5 Å². The van der Waals surface area contributed by atoms with Gasteiger partial charge in [0.05, 0.1) is 21.2 Å². The molecule has 0 fully saturated rings. The molecular formula is C46H52F4N4O10S4. The van der Waals surface area contributed by atoms with Gasteiger partial charge in [-0.15, -0.1) is 23.5 Å². The lowest BCUT2D eigenvalue weighted by Crippen LogP contribution is -2.40. The average Bonchev–Trinajstić information content (AvgIpc) is 3.45. The minimum atomic E-state index is -3.99. The van der Waals surface area contributed by atoms with Crippen LogP contribution in [-0.4, -0.2) is 99.4 Å². The number of sulfonamides is 2. The van der Waals surface area contributed by atoms with Crippen LogP contribution in [0.4, 0.5) is 40.3 Å². The van der Waals surface area contributed by atoms with Gasteiger partial charge in [-0.2, -0.15) is 17.4 Å². The van der Waals surface area contributed by atoms with E-state index in [-0.39, 0.29) is 33.4 Å². The molecule has 4 aromatic carbocycles. The molecule has 0 unspecified atom stereocenters. The predicted molar refractivity (Wildman–Crippen MR) is 255 cm³/mol. The zero-order valence-electron chi connectivity index (χ0n) is 38.0. The van der Waals surface area contributed by atoms with Crippen molar-refractivity contribution in [1.82, 2.24) is 8.61 Å². The molecule has 4 aromatic rings. The van der Waals surface area contributed by atoms with Gasteiger partial charge in [0.25, 0.3) is 0 Å². The first-order chi connectivity index (χ1) is 32.2. The summed E-state index contributed by atoms with van der Waals surface area (Å²) in [5.74, 6) is -7.44. The molecular weight excluding hydrogens is 973 g/mol. The Labute approximate surface area is 402 Å². The number of aliphatic carboxylic acids is 2. The number of benzene rings is 4. The number of thioether (sulfide) groups is 2. The van der Waals surface area contributed by atoms with Gasteiger partial charge in [0.15, 0.2) is 0 Å². The Hall–Kier alpha value is -5.26. The van der Waals surface area contributed by atoms with Crippen molar-refractivity contribution in [3.63, 3.8) is 0 Å². The number of rotatable bonds is 16. The summed E-state index contributed by atoms with van der Waals surface area (Å²) in [7, 11) is -4.95. The van der Waals surface area contributed by atoms with Crippen molar-refractivity contribution in [2.75, 3.05) is 49.5 Å². The van der Waals surface area contributed by atoms with Crippen LogP contribution >= 0.6 is 23.5 Å². The first-order valence-electron chi connectivity index (χ1n) is 21.2. The van der Waals surface area contributed by atoms with Crippen molar-refractivity contribution >= 4 is 78.3 Å². The molecule has 0 bridgehead atoms. The van der Waals surface area contributed by atoms with Crippen molar-refractivity contribution in [3.05, 3.63) is 109 Å². The van der Waals surface area contributed by atoms with E-state index in [4.69, 9.17) is 19.7 Å². The summed E-state index contributed by atoms with van der Waals surface area (Å²) in [5.41, 5.74) is 1.98. The fourth-order valence-electron chi connectivity index (χ4n) is 7.44. The minimum Gasteiger partial charge on any atom is -0.476 e. The number of carboxylic acids is 2. The van der Waals surface area contributed by atoms with Crippen molar-refractivity contribution in [3.8, 4) is 11.5 Å². The van der Waals surface area contributed by atoms with E-state index in [1.807, 2.05) is 23.6 Å². The Morgan fingerprint density at radius 2 is 0.985 bits per heavy atom. The average molecular weight is 1030 g/mol. The van der Waals surface area contributed by atoms with Gasteiger partial charge in [0, 0.05) is 62.8 Å². The molecule has 0 aliphatic carbocycles. The van der Waals surface area contributed by atoms with Gasteiger partial charge in [-0.05, 0) is 86.0 Å². The summed E-state index contributed by atoms with van der Waals surface area (Å²) in [6.07, 6.45) is 9.01. The minimum absolute atomic E-state index is 0.00527. The van der Waals surface area contributed by atoms with Crippen LogP contribution in [0.2, 0.25) is 0 Å². The van der Waals surface area contributed by atoms with Gasteiger partial charge in [-0.3, -0.25) is 0 Å². The highest BCUT2D eigenvalue weighted by molar-refractivity contribution is 7.99. The molecule has 368 valence electrons. The number of fused-ring (bicyclic) bond motifs is 2. The van der Waals surface area contributed by atoms with E-state index in [1.54, 1.807) is 48.9 Å². The second kappa shape index (κ2) is 23.4. The SMILES string of the molecule is CCCC[C@@H]1CN(c2ccc(F)cc2)c2cc(SC)c(O/C=C(\F)C(=O)O)cc2S(=O)(=O)N1C.CCCC[C@H]1CN(c2ccc(F)cc2)c2cc(SC)c(O/C=C(\F)C(=O)O)cc2S(=O)(=O)N1C. The molecule has 0 amide bonds. The van der Waals surface area contributed by atoms with Gasteiger partial charge in [0.1, 0.15) is 45.4 Å². The van der Waals surface area contributed by atoms with Crippen molar-refractivity contribution in [2.45, 2.75) is 84.0 Å². The van der Waals surface area contributed by atoms with Crippen LogP contribution in [0.15, 0.2) is 117 Å². The number of ether oxygens (including phenoxy) is 2. The summed E-state index contributed by atoms with van der Waals surface area (Å²) in [6.45, 7) is 4.73. The van der Waals surface area contributed by atoms with Crippen LogP contribution < -0.4 is 19.3 Å². The monoisotopic (exact) mass is 1020 g/mol. The number of anilines is 4. The van der Waals surface area contributed by atoms with Gasteiger partial charge in [0.2, 0.25) is 31.7 Å². The third-order valence-corrected chi connectivity index (χ3v) is 16.6. The van der Waals surface area contributed by atoms with Crippen LogP contribution in [-0.2, 0) is 29.6 Å². The largest absolute Gasteiger partial charge is 0.476 e. The van der Waals surface area contributed by atoms with Crippen LogP contribution in [0.1, 0.15) is 52.4 Å². The third-order valence-electron chi connectivity index (χ3n) is 11.2. The zero-order valence-corrected chi connectivity index (χ0v) is 41.3.